The van der Waals surface area contributed by atoms with E-state index in [2.05, 4.69) is 4.99 Å². The minimum absolute atomic E-state index is 0.123. The molecule has 0 N–H and O–H groups in total. The third-order valence-electron chi connectivity index (χ3n) is 0.965. The molecule has 0 saturated heterocycles. The third kappa shape index (κ3) is 2.04. The Morgan fingerprint density at radius 1 is 1.56 bits per heavy atom. The number of nitrogens with zero attached hydrogens (tertiary/aromatic N) is 1. The van der Waals surface area contributed by atoms with Crippen LogP contribution in [0.2, 0.25) is 0 Å². The van der Waals surface area contributed by atoms with Crippen molar-refractivity contribution in [2.45, 2.75) is 6.42 Å². The van der Waals surface area contributed by atoms with Gasteiger partial charge in [-0.1, -0.05) is 6.08 Å². The van der Waals surface area contributed by atoms with Gasteiger partial charge >= 0.3 is 0 Å². The zero-order valence-corrected chi connectivity index (χ0v) is 4.95. The van der Waals surface area contributed by atoms with Crippen LogP contribution >= 0.6 is 0 Å². The molecule has 0 saturated carbocycles. The second-order valence-electron chi connectivity index (χ2n) is 1.71. The topological polar surface area (TPSA) is 29.4 Å². The zero-order chi connectivity index (χ0) is 6.53. The molecule has 0 aliphatic carbocycles. The van der Waals surface area contributed by atoms with E-state index in [1.807, 2.05) is 0 Å². The summed E-state index contributed by atoms with van der Waals surface area (Å²) in [5.41, 5.74) is 0. The molecule has 0 aromatic carbocycles. The van der Waals surface area contributed by atoms with Crippen LogP contribution in [0.1, 0.15) is 6.42 Å². The second-order valence-corrected chi connectivity index (χ2v) is 1.71. The highest BCUT2D eigenvalue weighted by atomic mass is 16.1. The van der Waals surface area contributed by atoms with Crippen molar-refractivity contribution in [2.24, 2.45) is 4.99 Å². The highest BCUT2D eigenvalue weighted by Gasteiger charge is 1.90. The molecule has 0 amide bonds. The number of carbonyl (C=O) groups excluding carboxylic acids is 1. The fourth-order valence-corrected chi connectivity index (χ4v) is 0.547. The lowest BCUT2D eigenvalue weighted by molar-refractivity contribution is -0.113. The summed E-state index contributed by atoms with van der Waals surface area (Å²) in [6, 6.07) is 0. The van der Waals surface area contributed by atoms with Crippen LogP contribution in [0.4, 0.5) is 0 Å². The van der Waals surface area contributed by atoms with Gasteiger partial charge in [0, 0.05) is 18.8 Å². The minimum Gasteiger partial charge on any atom is -0.295 e. The zero-order valence-electron chi connectivity index (χ0n) is 4.95. The van der Waals surface area contributed by atoms with Gasteiger partial charge < -0.3 is 0 Å². The molecule has 0 fully saturated rings. The Balaban J connectivity index is 2.70. The maximum atomic E-state index is 10.6. The number of allylic oxidation sites excluding steroid dienone is 3. The van der Waals surface area contributed by atoms with Gasteiger partial charge in [-0.05, 0) is 12.2 Å². The van der Waals surface area contributed by atoms with Gasteiger partial charge in [0.1, 0.15) is 0 Å². The number of rotatable bonds is 0. The molecule has 2 nitrogen and oxygen atoms in total. The van der Waals surface area contributed by atoms with Gasteiger partial charge in [0.2, 0.25) is 0 Å². The van der Waals surface area contributed by atoms with E-state index in [0.29, 0.717) is 6.42 Å². The van der Waals surface area contributed by atoms with Gasteiger partial charge in [-0.2, -0.15) is 0 Å². The fourth-order valence-electron chi connectivity index (χ4n) is 0.547. The number of aliphatic imine (C=N–C) groups is 1. The Bertz CT molecular complexity index is 189. The van der Waals surface area contributed by atoms with E-state index in [1.165, 1.54) is 6.08 Å². The summed E-state index contributed by atoms with van der Waals surface area (Å²) in [6.45, 7) is 0. The number of carbonyl (C=O) groups is 1. The molecule has 1 rings (SSSR count). The Morgan fingerprint density at radius 3 is 3.33 bits per heavy atom. The molecule has 0 unspecified atom stereocenters. The van der Waals surface area contributed by atoms with Crippen LogP contribution in [0.3, 0.4) is 0 Å². The maximum Gasteiger partial charge on any atom is 0.159 e. The SMILES string of the molecule is O=C1C=CC=NC=CC1. The summed E-state index contributed by atoms with van der Waals surface area (Å²) in [7, 11) is 0. The van der Waals surface area contributed by atoms with E-state index in [-0.39, 0.29) is 5.78 Å². The van der Waals surface area contributed by atoms with Crippen molar-refractivity contribution in [3.63, 3.8) is 0 Å². The molecule has 0 atom stereocenters. The average molecular weight is 121 g/mol. The lowest BCUT2D eigenvalue weighted by Gasteiger charge is -1.86. The molecule has 0 aromatic rings. The van der Waals surface area contributed by atoms with Crippen molar-refractivity contribution in [3.05, 3.63) is 24.4 Å². The lowest BCUT2D eigenvalue weighted by atomic mass is 10.2. The molecule has 9 heavy (non-hydrogen) atoms. The van der Waals surface area contributed by atoms with Crippen molar-refractivity contribution in [1.29, 1.82) is 0 Å². The first-order valence-electron chi connectivity index (χ1n) is 2.77. The van der Waals surface area contributed by atoms with Crippen molar-refractivity contribution in [2.75, 3.05) is 0 Å². The van der Waals surface area contributed by atoms with Crippen molar-refractivity contribution >= 4 is 12.0 Å². The highest BCUT2D eigenvalue weighted by Crippen LogP contribution is 1.90. The molecule has 1 aliphatic rings. The Labute approximate surface area is 53.6 Å². The van der Waals surface area contributed by atoms with Crippen molar-refractivity contribution in [1.82, 2.24) is 0 Å². The molecule has 1 aliphatic heterocycles. The van der Waals surface area contributed by atoms with E-state index in [4.69, 9.17) is 0 Å². The van der Waals surface area contributed by atoms with Crippen LogP contribution in [-0.2, 0) is 4.79 Å². The van der Waals surface area contributed by atoms with Crippen molar-refractivity contribution in [3.8, 4) is 0 Å². The van der Waals surface area contributed by atoms with Gasteiger partial charge in [0.05, 0.1) is 0 Å². The number of hydrogen-bond donors (Lipinski definition) is 0. The van der Waals surface area contributed by atoms with Crippen LogP contribution in [0.15, 0.2) is 29.4 Å². The molecule has 1 heterocycles. The molecule has 0 spiro atoms. The van der Waals surface area contributed by atoms with Crippen LogP contribution in [0.25, 0.3) is 0 Å². The van der Waals surface area contributed by atoms with Gasteiger partial charge in [-0.15, -0.1) is 0 Å². The van der Waals surface area contributed by atoms with E-state index in [1.54, 1.807) is 24.6 Å². The maximum absolute atomic E-state index is 10.6. The molecule has 2 heteroatoms. The first kappa shape index (κ1) is 5.95. The fraction of sp³-hybridized carbons (Fsp3) is 0.143. The summed E-state index contributed by atoms with van der Waals surface area (Å²) in [4.78, 5) is 14.5. The Hall–Kier alpha value is -1.18. The van der Waals surface area contributed by atoms with E-state index in [9.17, 15) is 4.79 Å². The lowest BCUT2D eigenvalue weighted by Crippen LogP contribution is -1.89. The smallest absolute Gasteiger partial charge is 0.159 e. The quantitative estimate of drug-likeness (QED) is 0.472. The van der Waals surface area contributed by atoms with E-state index >= 15 is 0 Å². The first-order chi connectivity index (χ1) is 4.39. The van der Waals surface area contributed by atoms with Crippen LogP contribution in [0, 0.1) is 0 Å². The number of hydrogen-bond acceptors (Lipinski definition) is 2. The van der Waals surface area contributed by atoms with Gasteiger partial charge in [-0.25, -0.2) is 0 Å². The predicted molar refractivity (Wildman–Crippen MR) is 36.4 cm³/mol. The van der Waals surface area contributed by atoms with E-state index < -0.39 is 0 Å². The van der Waals surface area contributed by atoms with Crippen LogP contribution in [0.5, 0.6) is 0 Å². The van der Waals surface area contributed by atoms with Gasteiger partial charge in [0.15, 0.2) is 5.78 Å². The largest absolute Gasteiger partial charge is 0.295 e. The summed E-state index contributed by atoms with van der Waals surface area (Å²) in [6.07, 6.45) is 8.59. The summed E-state index contributed by atoms with van der Waals surface area (Å²) in [5, 5.41) is 0. The first-order valence-corrected chi connectivity index (χ1v) is 2.77. The molecular formula is C7H7NO. The standard InChI is InChI=1S/C7H7NO/c9-7-3-1-5-8-6-2-4-7/h1-3,5-6H,4H2. The predicted octanol–water partition coefficient (Wildman–Crippen LogP) is 1.10. The molecule has 0 aromatic heterocycles. The van der Waals surface area contributed by atoms with Crippen molar-refractivity contribution < 1.29 is 4.79 Å². The van der Waals surface area contributed by atoms with E-state index in [0.717, 1.165) is 0 Å². The van der Waals surface area contributed by atoms with Crippen LogP contribution < -0.4 is 0 Å². The second kappa shape index (κ2) is 2.97. The molecule has 0 bridgehead atoms. The molecular weight excluding hydrogens is 114 g/mol. The molecule has 0 radical (unpaired) electrons. The van der Waals surface area contributed by atoms with Crippen LogP contribution in [-0.4, -0.2) is 12.0 Å². The van der Waals surface area contributed by atoms with Gasteiger partial charge in [-0.3, -0.25) is 9.79 Å². The highest BCUT2D eigenvalue weighted by molar-refractivity contribution is 5.94. The minimum atomic E-state index is 0.123. The summed E-state index contributed by atoms with van der Waals surface area (Å²) < 4.78 is 0. The number of ketones is 1. The average Bonchev–Trinajstić information content (AvgIpc) is 1.79. The third-order valence-corrected chi connectivity index (χ3v) is 0.965. The summed E-state index contributed by atoms with van der Waals surface area (Å²) in [5.74, 6) is 0.123. The van der Waals surface area contributed by atoms with Gasteiger partial charge in [0.25, 0.3) is 0 Å². The Morgan fingerprint density at radius 2 is 2.44 bits per heavy atom. The summed E-state index contributed by atoms with van der Waals surface area (Å²) >= 11 is 0. The molecule has 46 valence electrons. The monoisotopic (exact) mass is 121 g/mol. The normalized spacial score (nSPS) is 17.6. The Kier molecular flexibility index (Phi) is 1.96.